The molecule has 2 aromatic heterocycles. The molecule has 144 valence electrons. The van der Waals surface area contributed by atoms with Gasteiger partial charge in [0.1, 0.15) is 11.3 Å². The summed E-state index contributed by atoms with van der Waals surface area (Å²) in [6.45, 7) is 13.9. The van der Waals surface area contributed by atoms with E-state index in [2.05, 4.69) is 81.4 Å². The van der Waals surface area contributed by atoms with E-state index in [1.54, 1.807) is 7.11 Å². The van der Waals surface area contributed by atoms with E-state index in [1.807, 2.05) is 6.07 Å². The molecule has 2 aromatic carbocycles. The molecule has 0 bridgehead atoms. The Hall–Kier alpha value is -2.59. The third kappa shape index (κ3) is 2.66. The lowest BCUT2D eigenvalue weighted by Crippen LogP contribution is -2.44. The summed E-state index contributed by atoms with van der Waals surface area (Å²) >= 11 is 0. The maximum Gasteiger partial charge on any atom is 0.145 e. The molecular weight excluding hydrogens is 360 g/mol. The van der Waals surface area contributed by atoms with Crippen molar-refractivity contribution in [2.75, 3.05) is 7.11 Å². The number of aryl methyl sites for hydroxylation is 3. The van der Waals surface area contributed by atoms with Crippen LogP contribution in [0.5, 0.6) is 5.75 Å². The third-order valence-electron chi connectivity index (χ3n) is 5.60. The zero-order chi connectivity index (χ0) is 20.2. The average Bonchev–Trinajstić information content (AvgIpc) is 2.96. The van der Waals surface area contributed by atoms with Gasteiger partial charge >= 0.3 is 0 Å². The molecule has 0 radical (unpaired) electrons. The van der Waals surface area contributed by atoms with Crippen LogP contribution in [0.2, 0.25) is 19.6 Å². The second kappa shape index (κ2) is 6.49. The Morgan fingerprint density at radius 1 is 0.929 bits per heavy atom. The van der Waals surface area contributed by atoms with Gasteiger partial charge < -0.3 is 9.30 Å². The lowest BCUT2D eigenvalue weighted by molar-refractivity contribution is 0.419. The number of ether oxygens (including phenoxy) is 1. The highest BCUT2D eigenvalue weighted by Gasteiger charge is 2.29. The molecule has 0 amide bonds. The van der Waals surface area contributed by atoms with Crippen LogP contribution in [0.3, 0.4) is 0 Å². The second-order valence-electron chi connectivity index (χ2n) is 8.62. The standard InChI is InChI=1S/C24H28N2OSi/c1-15-11-8-9-13-19(15)26-23-18-12-10-14-20(27-4)22(18)25-17(3)21(23)16(2)24(26)28(5,6)7/h8-14H,1-7H3. The van der Waals surface area contributed by atoms with Crippen LogP contribution in [0.1, 0.15) is 16.8 Å². The zero-order valence-electron chi connectivity index (χ0n) is 17.8. The van der Waals surface area contributed by atoms with Gasteiger partial charge in [-0.05, 0) is 44.0 Å². The summed E-state index contributed by atoms with van der Waals surface area (Å²) < 4.78 is 8.16. The van der Waals surface area contributed by atoms with E-state index in [-0.39, 0.29) is 0 Å². The van der Waals surface area contributed by atoms with Crippen LogP contribution in [-0.4, -0.2) is 24.7 Å². The first-order valence-corrected chi connectivity index (χ1v) is 13.3. The Kier molecular flexibility index (Phi) is 4.34. The summed E-state index contributed by atoms with van der Waals surface area (Å²) in [6.07, 6.45) is 0. The van der Waals surface area contributed by atoms with Crippen molar-refractivity contribution in [2.45, 2.75) is 40.4 Å². The third-order valence-corrected chi connectivity index (χ3v) is 7.62. The molecule has 0 aliphatic heterocycles. The van der Waals surface area contributed by atoms with Crippen molar-refractivity contribution in [3.63, 3.8) is 0 Å². The fraction of sp³-hybridized carbons (Fsp3) is 0.292. The van der Waals surface area contributed by atoms with E-state index in [0.717, 1.165) is 22.3 Å². The van der Waals surface area contributed by atoms with Crippen molar-refractivity contribution in [1.29, 1.82) is 0 Å². The number of nitrogens with zero attached hydrogens (tertiary/aromatic N) is 2. The van der Waals surface area contributed by atoms with Gasteiger partial charge in [-0.2, -0.15) is 0 Å². The lowest BCUT2D eigenvalue weighted by Gasteiger charge is -2.23. The molecular formula is C24H28N2OSi. The van der Waals surface area contributed by atoms with Gasteiger partial charge in [-0.3, -0.25) is 0 Å². The Morgan fingerprint density at radius 2 is 1.64 bits per heavy atom. The molecule has 28 heavy (non-hydrogen) atoms. The van der Waals surface area contributed by atoms with Gasteiger partial charge in [-0.1, -0.05) is 50.0 Å². The maximum absolute atomic E-state index is 5.64. The smallest absolute Gasteiger partial charge is 0.145 e. The summed E-state index contributed by atoms with van der Waals surface area (Å²) in [5.41, 5.74) is 7.16. The van der Waals surface area contributed by atoms with E-state index in [1.165, 1.54) is 33.0 Å². The first-order valence-electron chi connectivity index (χ1n) is 9.80. The predicted octanol–water partition coefficient (Wildman–Crippen LogP) is 5.66. The minimum absolute atomic E-state index is 0.826. The molecule has 2 heterocycles. The highest BCUT2D eigenvalue weighted by molar-refractivity contribution is 6.89. The minimum atomic E-state index is -1.64. The SMILES string of the molecule is COc1cccc2c1nc(C)c1c(C)c([Si](C)(C)C)n(-c3ccccc3C)c12. The van der Waals surface area contributed by atoms with Crippen LogP contribution in [0.15, 0.2) is 42.5 Å². The number of pyridine rings is 1. The summed E-state index contributed by atoms with van der Waals surface area (Å²) in [5.74, 6) is 0.826. The fourth-order valence-electron chi connectivity index (χ4n) is 4.56. The summed E-state index contributed by atoms with van der Waals surface area (Å²) in [5, 5.41) is 3.90. The molecule has 0 fully saturated rings. The number of benzene rings is 2. The maximum atomic E-state index is 5.64. The van der Waals surface area contributed by atoms with E-state index >= 15 is 0 Å². The van der Waals surface area contributed by atoms with Crippen LogP contribution >= 0.6 is 0 Å². The number of hydrogen-bond acceptors (Lipinski definition) is 2. The Balaban J connectivity index is 2.33. The van der Waals surface area contributed by atoms with Crippen LogP contribution < -0.4 is 10.1 Å². The number of aromatic nitrogens is 2. The van der Waals surface area contributed by atoms with Crippen molar-refractivity contribution in [3.8, 4) is 11.4 Å². The molecule has 4 rings (SSSR count). The van der Waals surface area contributed by atoms with E-state index in [4.69, 9.17) is 9.72 Å². The molecule has 4 heteroatoms. The molecule has 0 unspecified atom stereocenters. The van der Waals surface area contributed by atoms with Gasteiger partial charge in [0.05, 0.1) is 20.7 Å². The normalized spacial score (nSPS) is 12.1. The van der Waals surface area contributed by atoms with Crippen molar-refractivity contribution < 1.29 is 4.74 Å². The Morgan fingerprint density at radius 3 is 2.29 bits per heavy atom. The van der Waals surface area contributed by atoms with Crippen LogP contribution in [0.25, 0.3) is 27.5 Å². The Bertz CT molecular complexity index is 1220. The topological polar surface area (TPSA) is 27.1 Å². The minimum Gasteiger partial charge on any atom is -0.494 e. The van der Waals surface area contributed by atoms with Crippen molar-refractivity contribution >= 4 is 35.2 Å². The first-order chi connectivity index (χ1) is 13.3. The van der Waals surface area contributed by atoms with Crippen LogP contribution in [0.4, 0.5) is 0 Å². The molecule has 0 spiro atoms. The number of hydrogen-bond donors (Lipinski definition) is 0. The monoisotopic (exact) mass is 388 g/mol. The zero-order valence-corrected chi connectivity index (χ0v) is 18.8. The summed E-state index contributed by atoms with van der Waals surface area (Å²) in [7, 11) is 0.0779. The van der Waals surface area contributed by atoms with Gasteiger partial charge in [0.25, 0.3) is 0 Å². The van der Waals surface area contributed by atoms with Gasteiger partial charge in [-0.15, -0.1) is 0 Å². The number of methoxy groups -OCH3 is 1. The summed E-state index contributed by atoms with van der Waals surface area (Å²) in [6, 6.07) is 14.9. The van der Waals surface area contributed by atoms with Gasteiger partial charge in [0.15, 0.2) is 0 Å². The van der Waals surface area contributed by atoms with Crippen LogP contribution in [-0.2, 0) is 0 Å². The largest absolute Gasteiger partial charge is 0.494 e. The van der Waals surface area contributed by atoms with Gasteiger partial charge in [0, 0.05) is 27.5 Å². The predicted molar refractivity (Wildman–Crippen MR) is 122 cm³/mol. The Labute approximate surface area is 168 Å². The molecule has 0 aliphatic rings. The molecule has 0 N–H and O–H groups in total. The van der Waals surface area contributed by atoms with Crippen molar-refractivity contribution in [3.05, 3.63) is 59.3 Å². The van der Waals surface area contributed by atoms with E-state index < -0.39 is 8.07 Å². The van der Waals surface area contributed by atoms with Gasteiger partial charge in [0.2, 0.25) is 0 Å². The number of rotatable bonds is 3. The molecule has 0 aliphatic carbocycles. The molecule has 3 nitrogen and oxygen atoms in total. The lowest BCUT2D eigenvalue weighted by atomic mass is 10.1. The molecule has 0 atom stereocenters. The van der Waals surface area contributed by atoms with E-state index in [0.29, 0.717) is 0 Å². The molecule has 4 aromatic rings. The van der Waals surface area contributed by atoms with Crippen LogP contribution in [0, 0.1) is 20.8 Å². The van der Waals surface area contributed by atoms with Gasteiger partial charge in [-0.25, -0.2) is 4.98 Å². The molecule has 0 saturated heterocycles. The highest BCUT2D eigenvalue weighted by Crippen LogP contribution is 2.36. The molecule has 0 saturated carbocycles. The average molecular weight is 389 g/mol. The first kappa shape index (κ1) is 18.8. The number of fused-ring (bicyclic) bond motifs is 3. The van der Waals surface area contributed by atoms with Crippen molar-refractivity contribution in [1.82, 2.24) is 9.55 Å². The van der Waals surface area contributed by atoms with Crippen molar-refractivity contribution in [2.24, 2.45) is 0 Å². The summed E-state index contributed by atoms with van der Waals surface area (Å²) in [4.78, 5) is 4.97. The van der Waals surface area contributed by atoms with E-state index in [9.17, 15) is 0 Å². The quantitative estimate of drug-likeness (QED) is 0.424. The highest BCUT2D eigenvalue weighted by atomic mass is 28.3. The number of para-hydroxylation sites is 2. The fourth-order valence-corrected chi connectivity index (χ4v) is 6.71. The second-order valence-corrected chi connectivity index (χ2v) is 13.6.